The Morgan fingerprint density at radius 1 is 1.15 bits per heavy atom. The van der Waals surface area contributed by atoms with Gasteiger partial charge in [-0.15, -0.1) is 0 Å². The zero-order valence-electron chi connectivity index (χ0n) is 23.8. The highest BCUT2D eigenvalue weighted by Crippen LogP contribution is 2.40. The normalized spacial score (nSPS) is 25.7. The van der Waals surface area contributed by atoms with Crippen LogP contribution in [0, 0.1) is 23.2 Å². The smallest absolute Gasteiger partial charge is 0.155 e. The van der Waals surface area contributed by atoms with Crippen LogP contribution in [0.4, 0.5) is 11.6 Å². The number of nitrogens with one attached hydrogen (secondary N) is 1. The summed E-state index contributed by atoms with van der Waals surface area (Å²) in [5.74, 6) is 2.44. The zero-order chi connectivity index (χ0) is 28.1. The summed E-state index contributed by atoms with van der Waals surface area (Å²) in [5, 5.41) is 23.9. The molecule has 1 aromatic carbocycles. The second kappa shape index (κ2) is 13.1. The summed E-state index contributed by atoms with van der Waals surface area (Å²) in [4.78, 5) is 17.8. The fraction of sp³-hybridized carbons (Fsp3) is 0.500. The molecule has 0 spiro atoms. The van der Waals surface area contributed by atoms with Gasteiger partial charge >= 0.3 is 0 Å². The Labute approximate surface area is 242 Å². The molecule has 2 aromatic rings. The van der Waals surface area contributed by atoms with Crippen molar-refractivity contribution in [2.24, 2.45) is 21.8 Å². The highest BCUT2D eigenvalue weighted by Gasteiger charge is 2.22. The van der Waals surface area contributed by atoms with Gasteiger partial charge in [-0.2, -0.15) is 5.26 Å². The van der Waals surface area contributed by atoms with Gasteiger partial charge in [0.15, 0.2) is 5.82 Å². The molecule has 2 unspecified atom stereocenters. The molecule has 2 N–H and O–H groups in total. The van der Waals surface area contributed by atoms with Crippen LogP contribution in [0.1, 0.15) is 68.1 Å². The van der Waals surface area contributed by atoms with E-state index in [9.17, 15) is 10.4 Å². The van der Waals surface area contributed by atoms with Crippen molar-refractivity contribution in [1.29, 1.82) is 5.26 Å². The second-order valence-electron chi connectivity index (χ2n) is 11.7. The number of hydrogen-bond acceptors (Lipinski definition) is 8. The van der Waals surface area contributed by atoms with Crippen molar-refractivity contribution in [3.8, 4) is 6.07 Å². The molecule has 0 radical (unpaired) electrons. The Hall–Kier alpha value is -2.99. The molecule has 2 aliphatic heterocycles. The third kappa shape index (κ3) is 7.39. The SMILES string of the molecule is CC1CCC(=Nc2cc(CN(C)C)cc(NCC3CCC(O)CC3)n2)Sc2cc(C3=CC(C#N)CN=C3)ccc21. The number of aliphatic hydroxyl groups excluding tert-OH is 1. The van der Waals surface area contributed by atoms with Crippen LogP contribution in [-0.2, 0) is 6.54 Å². The number of hydrogen-bond donors (Lipinski definition) is 2. The molecule has 5 rings (SSSR count). The number of fused-ring (bicyclic) bond motifs is 1. The monoisotopic (exact) mass is 556 g/mol. The molecule has 210 valence electrons. The van der Waals surface area contributed by atoms with Crippen LogP contribution < -0.4 is 5.32 Å². The summed E-state index contributed by atoms with van der Waals surface area (Å²) in [6.07, 6.45) is 9.61. The van der Waals surface area contributed by atoms with Gasteiger partial charge in [0.1, 0.15) is 5.82 Å². The van der Waals surface area contributed by atoms with Gasteiger partial charge in [0, 0.05) is 24.2 Å². The number of thioether (sulfide) groups is 1. The van der Waals surface area contributed by atoms with Gasteiger partial charge in [-0.05, 0) is 105 Å². The van der Waals surface area contributed by atoms with Gasteiger partial charge in [-0.25, -0.2) is 9.98 Å². The predicted molar refractivity (Wildman–Crippen MR) is 166 cm³/mol. The minimum atomic E-state index is -0.171. The first-order chi connectivity index (χ1) is 19.4. The van der Waals surface area contributed by atoms with E-state index in [1.807, 2.05) is 12.3 Å². The number of aliphatic imine (C=N–C) groups is 2. The van der Waals surface area contributed by atoms with Crippen molar-refractivity contribution < 1.29 is 5.11 Å². The van der Waals surface area contributed by atoms with Gasteiger partial charge in [0.25, 0.3) is 0 Å². The summed E-state index contributed by atoms with van der Waals surface area (Å²) in [7, 11) is 4.16. The zero-order valence-corrected chi connectivity index (χ0v) is 24.6. The maximum atomic E-state index is 9.85. The van der Waals surface area contributed by atoms with E-state index in [1.165, 1.54) is 16.0 Å². The van der Waals surface area contributed by atoms with Crippen LogP contribution in [0.3, 0.4) is 0 Å². The predicted octanol–water partition coefficient (Wildman–Crippen LogP) is 6.43. The fourth-order valence-electron chi connectivity index (χ4n) is 5.69. The van der Waals surface area contributed by atoms with E-state index < -0.39 is 0 Å². The van der Waals surface area contributed by atoms with E-state index in [4.69, 9.17) is 9.98 Å². The number of pyridine rings is 1. The Bertz CT molecular complexity index is 1340. The first kappa shape index (κ1) is 28.5. The number of aliphatic hydroxyl groups is 1. The molecule has 0 saturated heterocycles. The average molecular weight is 557 g/mol. The number of rotatable bonds is 7. The first-order valence-electron chi connectivity index (χ1n) is 14.4. The minimum absolute atomic E-state index is 0.136. The first-order valence-corrected chi connectivity index (χ1v) is 15.3. The summed E-state index contributed by atoms with van der Waals surface area (Å²) in [6.45, 7) is 4.52. The van der Waals surface area contributed by atoms with Crippen molar-refractivity contribution in [3.05, 3.63) is 53.1 Å². The lowest BCUT2D eigenvalue weighted by Crippen LogP contribution is -2.23. The third-order valence-electron chi connectivity index (χ3n) is 7.97. The molecule has 0 amide bonds. The third-order valence-corrected chi connectivity index (χ3v) is 9.08. The van der Waals surface area contributed by atoms with E-state index in [0.29, 0.717) is 18.4 Å². The lowest BCUT2D eigenvalue weighted by Gasteiger charge is -2.25. The lowest BCUT2D eigenvalue weighted by atomic mass is 9.87. The highest BCUT2D eigenvalue weighted by molar-refractivity contribution is 8.14. The second-order valence-corrected chi connectivity index (χ2v) is 12.8. The Kier molecular flexibility index (Phi) is 9.36. The van der Waals surface area contributed by atoms with E-state index in [0.717, 1.165) is 79.4 Å². The standard InChI is InChI=1S/C32H40N6OS/c1-21-4-11-32(40-29-15-25(7-10-28(21)29)26-12-24(16-33)17-34-19-26)37-31-14-23(20-38(2)3)13-30(36-31)35-18-22-5-8-27(39)9-6-22/h7,10,12-15,19,21-22,24,27,39H,4-6,8-9,11,17-18,20H2,1-3H3,(H,35,36). The molecule has 1 aliphatic carbocycles. The lowest BCUT2D eigenvalue weighted by molar-refractivity contribution is 0.111. The van der Waals surface area contributed by atoms with Crippen LogP contribution in [-0.4, -0.2) is 59.5 Å². The Morgan fingerprint density at radius 2 is 1.98 bits per heavy atom. The number of anilines is 1. The van der Waals surface area contributed by atoms with Crippen molar-refractivity contribution >= 4 is 40.2 Å². The molecule has 3 aliphatic rings. The van der Waals surface area contributed by atoms with Crippen LogP contribution in [0.2, 0.25) is 0 Å². The van der Waals surface area contributed by atoms with E-state index >= 15 is 0 Å². The van der Waals surface area contributed by atoms with Gasteiger partial charge in [0.2, 0.25) is 0 Å². The summed E-state index contributed by atoms with van der Waals surface area (Å²) in [6, 6.07) is 13.2. The molecule has 2 atom stereocenters. The summed E-state index contributed by atoms with van der Waals surface area (Å²) >= 11 is 1.74. The Morgan fingerprint density at radius 3 is 2.75 bits per heavy atom. The molecule has 3 heterocycles. The Balaban J connectivity index is 1.39. The molecule has 7 nitrogen and oxygen atoms in total. The van der Waals surface area contributed by atoms with Gasteiger partial charge in [-0.3, -0.25) is 4.99 Å². The van der Waals surface area contributed by atoms with E-state index in [1.54, 1.807) is 11.8 Å². The van der Waals surface area contributed by atoms with Gasteiger partial charge in [-0.1, -0.05) is 36.9 Å². The molecular formula is C32H40N6OS. The van der Waals surface area contributed by atoms with E-state index in [2.05, 4.69) is 72.6 Å². The van der Waals surface area contributed by atoms with Crippen LogP contribution in [0.5, 0.6) is 0 Å². The van der Waals surface area contributed by atoms with E-state index in [-0.39, 0.29) is 12.0 Å². The quantitative estimate of drug-likeness (QED) is 0.408. The maximum Gasteiger partial charge on any atom is 0.155 e. The number of benzene rings is 1. The number of dihydropyridines is 1. The van der Waals surface area contributed by atoms with Crippen LogP contribution >= 0.6 is 11.8 Å². The van der Waals surface area contributed by atoms with Crippen molar-refractivity contribution in [1.82, 2.24) is 9.88 Å². The van der Waals surface area contributed by atoms with Crippen molar-refractivity contribution in [2.45, 2.75) is 68.9 Å². The topological polar surface area (TPSA) is 96.9 Å². The largest absolute Gasteiger partial charge is 0.393 e. The fourth-order valence-corrected chi connectivity index (χ4v) is 6.87. The van der Waals surface area contributed by atoms with Crippen molar-refractivity contribution in [2.75, 3.05) is 32.5 Å². The molecule has 1 aromatic heterocycles. The van der Waals surface area contributed by atoms with Gasteiger partial charge < -0.3 is 15.3 Å². The number of aromatic nitrogens is 1. The van der Waals surface area contributed by atoms with Crippen molar-refractivity contribution in [3.63, 3.8) is 0 Å². The molecule has 1 saturated carbocycles. The van der Waals surface area contributed by atoms with Crippen LogP contribution in [0.25, 0.3) is 5.57 Å². The van der Waals surface area contributed by atoms with Crippen LogP contribution in [0.15, 0.2) is 51.3 Å². The molecule has 8 heteroatoms. The number of nitrogens with zero attached hydrogens (tertiary/aromatic N) is 5. The number of nitriles is 1. The molecule has 40 heavy (non-hydrogen) atoms. The molecule has 1 fully saturated rings. The summed E-state index contributed by atoms with van der Waals surface area (Å²) < 4.78 is 0. The maximum absolute atomic E-state index is 9.85. The average Bonchev–Trinajstić information content (AvgIpc) is 3.10. The number of allylic oxidation sites excluding steroid dienone is 1. The molecular weight excluding hydrogens is 516 g/mol. The minimum Gasteiger partial charge on any atom is -0.393 e. The van der Waals surface area contributed by atoms with Gasteiger partial charge in [0.05, 0.1) is 29.7 Å². The summed E-state index contributed by atoms with van der Waals surface area (Å²) in [5.41, 5.74) is 4.64. The molecule has 0 bridgehead atoms. The highest BCUT2D eigenvalue weighted by atomic mass is 32.2.